The molecule has 1 aliphatic rings. The summed E-state index contributed by atoms with van der Waals surface area (Å²) in [7, 11) is 0. The highest BCUT2D eigenvalue weighted by Crippen LogP contribution is 2.36. The molecule has 0 atom stereocenters. The molecule has 2 aromatic heterocycles. The van der Waals surface area contributed by atoms with Gasteiger partial charge in [0.2, 0.25) is 5.82 Å². The van der Waals surface area contributed by atoms with E-state index in [0.717, 1.165) is 0 Å². The molecule has 0 aliphatic carbocycles. The smallest absolute Gasteiger partial charge is 0.373 e. The van der Waals surface area contributed by atoms with Gasteiger partial charge in [-0.1, -0.05) is 18.3 Å². The predicted molar refractivity (Wildman–Crippen MR) is 67.2 cm³/mol. The first-order valence-electron chi connectivity index (χ1n) is 5.61. The van der Waals surface area contributed by atoms with Gasteiger partial charge in [-0.25, -0.2) is 0 Å². The zero-order valence-electron chi connectivity index (χ0n) is 9.74. The Hall–Kier alpha value is -1.67. The summed E-state index contributed by atoms with van der Waals surface area (Å²) in [6.07, 6.45) is 2.28. The summed E-state index contributed by atoms with van der Waals surface area (Å²) in [6, 6.07) is 0. The molecule has 0 aromatic carbocycles. The molecule has 7 nitrogen and oxygen atoms in total. The third-order valence-electron chi connectivity index (χ3n) is 3.32. The van der Waals surface area contributed by atoms with Crippen LogP contribution in [0.3, 0.4) is 0 Å². The standard InChI is InChI=1S/C10H12N4O3S/c1-2-10(15)5-12(6-10)7-8(14(16)17)13-3-4-18-9(13)11-7/h3-4,15H,2,5-6H2,1H3. The lowest BCUT2D eigenvalue weighted by Gasteiger charge is -2.45. The fraction of sp³-hybridized carbons (Fsp3) is 0.500. The van der Waals surface area contributed by atoms with E-state index in [2.05, 4.69) is 4.98 Å². The second-order valence-electron chi connectivity index (χ2n) is 4.51. The van der Waals surface area contributed by atoms with E-state index in [1.165, 1.54) is 15.7 Å². The molecule has 1 fully saturated rings. The molecule has 1 saturated heterocycles. The molecule has 3 heterocycles. The number of hydrogen-bond donors (Lipinski definition) is 1. The number of hydrogen-bond acceptors (Lipinski definition) is 6. The maximum absolute atomic E-state index is 11.1. The Balaban J connectivity index is 2.00. The number of fused-ring (bicyclic) bond motifs is 1. The van der Waals surface area contributed by atoms with Crippen molar-refractivity contribution in [2.45, 2.75) is 18.9 Å². The minimum absolute atomic E-state index is 0.0237. The number of anilines is 1. The van der Waals surface area contributed by atoms with Crippen molar-refractivity contribution in [1.29, 1.82) is 0 Å². The van der Waals surface area contributed by atoms with Crippen LogP contribution in [-0.4, -0.2) is 38.1 Å². The minimum atomic E-state index is -0.731. The van der Waals surface area contributed by atoms with E-state index in [1.54, 1.807) is 16.5 Å². The first-order valence-corrected chi connectivity index (χ1v) is 6.49. The SMILES string of the molecule is CCC1(O)CN(c2nc3sccn3c2[N+](=O)[O-])C1. The second-order valence-corrected chi connectivity index (χ2v) is 5.38. The Bertz CT molecular complexity index is 614. The van der Waals surface area contributed by atoms with Gasteiger partial charge in [-0.3, -0.25) is 0 Å². The van der Waals surface area contributed by atoms with Gasteiger partial charge in [-0.15, -0.1) is 0 Å². The van der Waals surface area contributed by atoms with Gasteiger partial charge in [0.15, 0.2) is 0 Å². The zero-order chi connectivity index (χ0) is 12.9. The van der Waals surface area contributed by atoms with Crippen LogP contribution < -0.4 is 4.90 Å². The van der Waals surface area contributed by atoms with Crippen LogP contribution in [0, 0.1) is 10.1 Å². The monoisotopic (exact) mass is 268 g/mol. The fourth-order valence-electron chi connectivity index (χ4n) is 2.18. The number of nitrogens with zero attached hydrogens (tertiary/aromatic N) is 4. The van der Waals surface area contributed by atoms with Crippen LogP contribution in [0.25, 0.3) is 4.96 Å². The molecule has 0 amide bonds. The number of imidazole rings is 1. The first kappa shape index (κ1) is 11.4. The molecule has 0 spiro atoms. The highest BCUT2D eigenvalue weighted by Gasteiger charge is 2.43. The van der Waals surface area contributed by atoms with Crippen molar-refractivity contribution >= 4 is 27.9 Å². The van der Waals surface area contributed by atoms with E-state index in [4.69, 9.17) is 0 Å². The molecule has 0 saturated carbocycles. The van der Waals surface area contributed by atoms with Crippen molar-refractivity contribution < 1.29 is 10.0 Å². The summed E-state index contributed by atoms with van der Waals surface area (Å²) in [6.45, 7) is 2.70. The predicted octanol–water partition coefficient (Wildman–Crippen LogP) is 1.27. The zero-order valence-corrected chi connectivity index (χ0v) is 10.6. The molecule has 18 heavy (non-hydrogen) atoms. The van der Waals surface area contributed by atoms with Crippen molar-refractivity contribution in [3.63, 3.8) is 0 Å². The van der Waals surface area contributed by atoms with Crippen LogP contribution in [0.2, 0.25) is 0 Å². The lowest BCUT2D eigenvalue weighted by molar-refractivity contribution is -0.389. The van der Waals surface area contributed by atoms with E-state index in [9.17, 15) is 15.2 Å². The summed E-state index contributed by atoms with van der Waals surface area (Å²) in [5.41, 5.74) is -0.731. The summed E-state index contributed by atoms with van der Waals surface area (Å²) in [4.78, 5) is 17.3. The molecule has 1 N–H and O–H groups in total. The summed E-state index contributed by atoms with van der Waals surface area (Å²) in [5.74, 6) is 0.328. The molecule has 0 bridgehead atoms. The van der Waals surface area contributed by atoms with Crippen LogP contribution in [-0.2, 0) is 0 Å². The second kappa shape index (κ2) is 3.66. The van der Waals surface area contributed by atoms with E-state index in [0.29, 0.717) is 30.3 Å². The van der Waals surface area contributed by atoms with Gasteiger partial charge >= 0.3 is 5.82 Å². The molecular formula is C10H12N4O3S. The summed E-state index contributed by atoms with van der Waals surface area (Å²) < 4.78 is 1.48. The highest BCUT2D eigenvalue weighted by atomic mass is 32.1. The Morgan fingerprint density at radius 3 is 3.00 bits per heavy atom. The van der Waals surface area contributed by atoms with Gasteiger partial charge in [0.05, 0.1) is 18.7 Å². The van der Waals surface area contributed by atoms with Crippen LogP contribution in [0.15, 0.2) is 11.6 Å². The topological polar surface area (TPSA) is 83.9 Å². The van der Waals surface area contributed by atoms with E-state index in [-0.39, 0.29) is 5.82 Å². The maximum Gasteiger partial charge on any atom is 0.373 e. The van der Waals surface area contributed by atoms with Crippen molar-refractivity contribution in [2.75, 3.05) is 18.0 Å². The molecule has 0 radical (unpaired) electrons. The number of β-amino-alcohol motifs (C(OH)–C–C–N with tert-alkyl or cyclic N) is 1. The lowest BCUT2D eigenvalue weighted by Crippen LogP contribution is -2.61. The third-order valence-corrected chi connectivity index (χ3v) is 4.08. The van der Waals surface area contributed by atoms with Gasteiger partial charge < -0.3 is 20.1 Å². The number of rotatable bonds is 3. The molecule has 0 unspecified atom stereocenters. The highest BCUT2D eigenvalue weighted by molar-refractivity contribution is 7.15. The van der Waals surface area contributed by atoms with Gasteiger partial charge in [0.25, 0.3) is 4.96 Å². The van der Waals surface area contributed by atoms with Gasteiger partial charge in [0.1, 0.15) is 6.20 Å². The van der Waals surface area contributed by atoms with E-state index < -0.39 is 10.5 Å². The van der Waals surface area contributed by atoms with Crippen LogP contribution >= 0.6 is 11.3 Å². The average molecular weight is 268 g/mol. The Kier molecular flexibility index (Phi) is 2.32. The summed E-state index contributed by atoms with van der Waals surface area (Å²) >= 11 is 1.36. The Morgan fingerprint density at radius 2 is 2.39 bits per heavy atom. The fourth-order valence-corrected chi connectivity index (χ4v) is 2.89. The van der Waals surface area contributed by atoms with Crippen LogP contribution in [0.1, 0.15) is 13.3 Å². The number of aromatic nitrogens is 2. The van der Waals surface area contributed by atoms with E-state index >= 15 is 0 Å². The molecule has 96 valence electrons. The van der Waals surface area contributed by atoms with Gasteiger partial charge in [0, 0.05) is 5.38 Å². The van der Waals surface area contributed by atoms with Gasteiger partial charge in [-0.05, 0) is 11.3 Å². The first-order chi connectivity index (χ1) is 8.54. The number of aliphatic hydroxyl groups is 1. The quantitative estimate of drug-likeness (QED) is 0.669. The van der Waals surface area contributed by atoms with Crippen molar-refractivity contribution in [1.82, 2.24) is 9.38 Å². The molecule has 2 aromatic rings. The third kappa shape index (κ3) is 1.49. The van der Waals surface area contributed by atoms with Crippen LogP contribution in [0.4, 0.5) is 11.6 Å². The average Bonchev–Trinajstić information content (AvgIpc) is 2.82. The van der Waals surface area contributed by atoms with Crippen LogP contribution in [0.5, 0.6) is 0 Å². The molecular weight excluding hydrogens is 256 g/mol. The van der Waals surface area contributed by atoms with Gasteiger partial charge in [-0.2, -0.15) is 9.38 Å². The Labute approximate surface area is 106 Å². The van der Waals surface area contributed by atoms with E-state index in [1.807, 2.05) is 6.92 Å². The minimum Gasteiger partial charge on any atom is -0.386 e. The summed E-state index contributed by atoms with van der Waals surface area (Å²) in [5, 5.41) is 22.9. The molecule has 1 aliphatic heterocycles. The Morgan fingerprint density at radius 1 is 1.67 bits per heavy atom. The largest absolute Gasteiger partial charge is 0.386 e. The molecule has 8 heteroatoms. The molecule has 3 rings (SSSR count). The number of nitro groups is 1. The van der Waals surface area contributed by atoms with Crippen molar-refractivity contribution in [3.8, 4) is 0 Å². The number of thiazole rings is 1. The maximum atomic E-state index is 11.1. The normalized spacial score (nSPS) is 18.0. The van der Waals surface area contributed by atoms with Crippen molar-refractivity contribution in [2.24, 2.45) is 0 Å². The van der Waals surface area contributed by atoms with Crippen molar-refractivity contribution in [3.05, 3.63) is 21.7 Å². The lowest BCUT2D eigenvalue weighted by atomic mass is 9.91.